The predicted molar refractivity (Wildman–Crippen MR) is 48.4 cm³/mol. The minimum atomic E-state index is -0.769. The van der Waals surface area contributed by atoms with Crippen LogP contribution in [0, 0.1) is 0 Å². The van der Waals surface area contributed by atoms with Crippen molar-refractivity contribution in [2.45, 2.75) is 30.2 Å². The maximum atomic E-state index is 11.1. The van der Waals surface area contributed by atoms with Gasteiger partial charge >= 0.3 is 5.97 Å². The van der Waals surface area contributed by atoms with Crippen molar-refractivity contribution in [3.8, 4) is 0 Å². The van der Waals surface area contributed by atoms with Gasteiger partial charge in [0.25, 0.3) is 0 Å². The molecule has 1 aliphatic carbocycles. The molecule has 0 heterocycles. The molecule has 1 saturated carbocycles. The molecule has 0 aromatic rings. The number of rotatable bonds is 3. The Morgan fingerprint density at radius 2 is 2.25 bits per heavy atom. The zero-order valence-corrected chi connectivity index (χ0v) is 8.23. The summed E-state index contributed by atoms with van der Waals surface area (Å²) in [5, 5.41) is 0. The molecule has 1 fully saturated rings. The highest BCUT2D eigenvalue weighted by Crippen LogP contribution is 2.43. The number of hydrogen-bond acceptors (Lipinski definition) is 2. The molecule has 12 heavy (non-hydrogen) atoms. The summed E-state index contributed by atoms with van der Waals surface area (Å²) in [7, 11) is 0. The normalized spacial score (nSPS) is 22.2. The minimum absolute atomic E-state index is 0.415. The Morgan fingerprint density at radius 3 is 2.67 bits per heavy atom. The van der Waals surface area contributed by atoms with Crippen LogP contribution in [0.2, 0.25) is 0 Å². The largest absolute Gasteiger partial charge is 0.441 e. The molecule has 0 N–H and O–H groups in total. The van der Waals surface area contributed by atoms with E-state index in [1.54, 1.807) is 19.1 Å². The molecule has 68 valence electrons. The van der Waals surface area contributed by atoms with Gasteiger partial charge in [0.2, 0.25) is 0 Å². The first-order chi connectivity index (χ1) is 5.58. The molecule has 1 rings (SSSR count). The summed E-state index contributed by atoms with van der Waals surface area (Å²) in [4.78, 5) is 10.4. The molecule has 2 nitrogen and oxygen atoms in total. The lowest BCUT2D eigenvalue weighted by Crippen LogP contribution is -2.22. The standard InChI is InChI=1S/C8H10Cl2O2/c1-2-3-6(9)12-7(11)8(10)4-5-8/h2-3,6H,4-5H2,1H3/b3-2+. The van der Waals surface area contributed by atoms with Crippen LogP contribution in [0.15, 0.2) is 12.2 Å². The van der Waals surface area contributed by atoms with Gasteiger partial charge in [0.15, 0.2) is 5.56 Å². The quantitative estimate of drug-likeness (QED) is 0.405. The second kappa shape index (κ2) is 3.67. The van der Waals surface area contributed by atoms with Crippen molar-refractivity contribution >= 4 is 29.2 Å². The smallest absolute Gasteiger partial charge is 0.328 e. The molecule has 0 radical (unpaired) electrons. The molecule has 0 aromatic heterocycles. The summed E-state index contributed by atoms with van der Waals surface area (Å²) in [6.45, 7) is 1.80. The van der Waals surface area contributed by atoms with Crippen LogP contribution < -0.4 is 0 Å². The van der Waals surface area contributed by atoms with Gasteiger partial charge in [-0.2, -0.15) is 0 Å². The highest BCUT2D eigenvalue weighted by atomic mass is 35.5. The highest BCUT2D eigenvalue weighted by Gasteiger charge is 2.50. The SMILES string of the molecule is C/C=C/C(Cl)OC(=O)C1(Cl)CC1. The lowest BCUT2D eigenvalue weighted by molar-refractivity contribution is -0.144. The average molecular weight is 209 g/mol. The third kappa shape index (κ3) is 2.39. The van der Waals surface area contributed by atoms with Crippen molar-refractivity contribution in [3.63, 3.8) is 0 Å². The van der Waals surface area contributed by atoms with Crippen LogP contribution in [-0.4, -0.2) is 16.4 Å². The lowest BCUT2D eigenvalue weighted by Gasteiger charge is -2.09. The van der Waals surface area contributed by atoms with Gasteiger partial charge in [-0.05, 0) is 25.8 Å². The van der Waals surface area contributed by atoms with E-state index in [9.17, 15) is 4.79 Å². The molecule has 1 unspecified atom stereocenters. The van der Waals surface area contributed by atoms with Gasteiger partial charge in [-0.25, -0.2) is 0 Å². The molecular weight excluding hydrogens is 199 g/mol. The van der Waals surface area contributed by atoms with E-state index in [-0.39, 0.29) is 0 Å². The fraction of sp³-hybridized carbons (Fsp3) is 0.625. The summed E-state index contributed by atoms with van der Waals surface area (Å²) in [5.41, 5.74) is -0.696. The maximum absolute atomic E-state index is 11.1. The van der Waals surface area contributed by atoms with Crippen molar-refractivity contribution < 1.29 is 9.53 Å². The Morgan fingerprint density at radius 1 is 1.67 bits per heavy atom. The molecule has 0 bridgehead atoms. The summed E-state index contributed by atoms with van der Waals surface area (Å²) < 4.78 is 4.83. The number of halogens is 2. The average Bonchev–Trinajstić information content (AvgIpc) is 2.69. The summed E-state index contributed by atoms with van der Waals surface area (Å²) >= 11 is 11.4. The van der Waals surface area contributed by atoms with E-state index in [4.69, 9.17) is 27.9 Å². The molecule has 1 atom stereocenters. The zero-order valence-electron chi connectivity index (χ0n) is 6.72. The summed E-state index contributed by atoms with van der Waals surface area (Å²) in [6.07, 6.45) is 4.68. The highest BCUT2D eigenvalue weighted by molar-refractivity contribution is 6.36. The molecule has 1 aliphatic rings. The fourth-order valence-corrected chi connectivity index (χ4v) is 1.08. The lowest BCUT2D eigenvalue weighted by atomic mass is 10.4. The molecular formula is C8H10Cl2O2. The number of allylic oxidation sites excluding steroid dienone is 1. The van der Waals surface area contributed by atoms with Gasteiger partial charge < -0.3 is 4.74 Å². The molecule has 0 aromatic carbocycles. The summed E-state index contributed by atoms with van der Waals surface area (Å²) in [6, 6.07) is 0. The van der Waals surface area contributed by atoms with Crippen molar-refractivity contribution in [2.75, 3.05) is 0 Å². The van der Waals surface area contributed by atoms with Crippen LogP contribution in [-0.2, 0) is 9.53 Å². The van der Waals surface area contributed by atoms with Crippen LogP contribution in [0.25, 0.3) is 0 Å². The van der Waals surface area contributed by atoms with Gasteiger partial charge in [0.05, 0.1) is 0 Å². The van der Waals surface area contributed by atoms with Gasteiger partial charge in [-0.15, -0.1) is 11.6 Å². The number of ether oxygens (including phenoxy) is 1. The van der Waals surface area contributed by atoms with E-state index in [0.717, 1.165) is 0 Å². The third-order valence-corrected chi connectivity index (χ3v) is 2.39. The van der Waals surface area contributed by atoms with Gasteiger partial charge in [-0.1, -0.05) is 17.7 Å². The number of esters is 1. The van der Waals surface area contributed by atoms with Crippen LogP contribution in [0.3, 0.4) is 0 Å². The second-order valence-electron chi connectivity index (χ2n) is 2.75. The van der Waals surface area contributed by atoms with Crippen LogP contribution >= 0.6 is 23.2 Å². The number of hydrogen-bond donors (Lipinski definition) is 0. The van der Waals surface area contributed by atoms with Crippen molar-refractivity contribution in [3.05, 3.63) is 12.2 Å². The van der Waals surface area contributed by atoms with E-state index < -0.39 is 16.4 Å². The van der Waals surface area contributed by atoms with Crippen molar-refractivity contribution in [1.29, 1.82) is 0 Å². The Bertz CT molecular complexity index is 209. The topological polar surface area (TPSA) is 26.3 Å². The third-order valence-electron chi connectivity index (χ3n) is 1.62. The van der Waals surface area contributed by atoms with E-state index in [0.29, 0.717) is 12.8 Å². The second-order valence-corrected chi connectivity index (χ2v) is 3.90. The monoisotopic (exact) mass is 208 g/mol. The van der Waals surface area contributed by atoms with E-state index in [2.05, 4.69) is 0 Å². The molecule has 0 spiro atoms. The molecule has 0 aliphatic heterocycles. The van der Waals surface area contributed by atoms with Crippen LogP contribution in [0.1, 0.15) is 19.8 Å². The predicted octanol–water partition coefficient (Wildman–Crippen LogP) is 2.44. The number of carbonyl (C=O) groups is 1. The number of carbonyl (C=O) groups excluding carboxylic acids is 1. The Kier molecular flexibility index (Phi) is 3.02. The first-order valence-electron chi connectivity index (χ1n) is 3.75. The first kappa shape index (κ1) is 9.87. The molecule has 4 heteroatoms. The van der Waals surface area contributed by atoms with Crippen LogP contribution in [0.4, 0.5) is 0 Å². The Balaban J connectivity index is 2.36. The Hall–Kier alpha value is -0.210. The summed E-state index contributed by atoms with van der Waals surface area (Å²) in [5.74, 6) is -0.415. The van der Waals surface area contributed by atoms with E-state index in [1.807, 2.05) is 0 Å². The zero-order chi connectivity index (χ0) is 9.19. The molecule has 0 amide bonds. The maximum Gasteiger partial charge on any atom is 0.328 e. The first-order valence-corrected chi connectivity index (χ1v) is 4.57. The van der Waals surface area contributed by atoms with Gasteiger partial charge in [0.1, 0.15) is 4.87 Å². The minimum Gasteiger partial charge on any atom is -0.441 e. The fourth-order valence-electron chi connectivity index (χ4n) is 0.712. The Labute approximate surface area is 81.5 Å². The van der Waals surface area contributed by atoms with Crippen molar-refractivity contribution in [2.24, 2.45) is 0 Å². The van der Waals surface area contributed by atoms with E-state index >= 15 is 0 Å². The number of alkyl halides is 2. The van der Waals surface area contributed by atoms with Crippen molar-refractivity contribution in [1.82, 2.24) is 0 Å². The van der Waals surface area contributed by atoms with Gasteiger partial charge in [-0.3, -0.25) is 4.79 Å². The van der Waals surface area contributed by atoms with E-state index in [1.165, 1.54) is 0 Å². The molecule has 0 saturated heterocycles. The van der Waals surface area contributed by atoms with Crippen LogP contribution in [0.5, 0.6) is 0 Å². The van der Waals surface area contributed by atoms with Gasteiger partial charge in [0, 0.05) is 0 Å².